The van der Waals surface area contributed by atoms with E-state index >= 15 is 0 Å². The van der Waals surface area contributed by atoms with Gasteiger partial charge in [0, 0.05) is 19.3 Å². The lowest BCUT2D eigenvalue weighted by atomic mass is 10.1. The van der Waals surface area contributed by atoms with Gasteiger partial charge in [-0.15, -0.1) is 0 Å². The van der Waals surface area contributed by atoms with Gasteiger partial charge in [-0.3, -0.25) is 0 Å². The fourth-order valence-electron chi connectivity index (χ4n) is 1.89. The van der Waals surface area contributed by atoms with Gasteiger partial charge in [-0.1, -0.05) is 45.4 Å². The summed E-state index contributed by atoms with van der Waals surface area (Å²) in [4.78, 5) is 4.21. The summed E-state index contributed by atoms with van der Waals surface area (Å²) in [6.07, 6.45) is 13.4. The summed E-state index contributed by atoms with van der Waals surface area (Å²) >= 11 is 0. The molecule has 0 radical (unpaired) electrons. The standard InChI is InChI=1S/C13H25N3/c1-2-3-4-5-6-7-8-9-16-11-13(10-14)15-12-16/h11-12H,2-10,14H2,1H3. The van der Waals surface area contributed by atoms with E-state index in [1.165, 1.54) is 44.9 Å². The van der Waals surface area contributed by atoms with Crippen molar-refractivity contribution < 1.29 is 0 Å². The molecule has 0 aliphatic heterocycles. The Balaban J connectivity index is 1.98. The predicted molar refractivity (Wildman–Crippen MR) is 68.1 cm³/mol. The van der Waals surface area contributed by atoms with E-state index in [4.69, 9.17) is 5.73 Å². The van der Waals surface area contributed by atoms with Gasteiger partial charge in [-0.2, -0.15) is 0 Å². The zero-order valence-electron chi connectivity index (χ0n) is 10.5. The summed E-state index contributed by atoms with van der Waals surface area (Å²) in [5, 5.41) is 0. The van der Waals surface area contributed by atoms with Crippen molar-refractivity contribution in [2.24, 2.45) is 5.73 Å². The Morgan fingerprint density at radius 1 is 1.12 bits per heavy atom. The topological polar surface area (TPSA) is 43.8 Å². The Morgan fingerprint density at radius 3 is 2.44 bits per heavy atom. The van der Waals surface area contributed by atoms with Gasteiger partial charge in [0.1, 0.15) is 0 Å². The quantitative estimate of drug-likeness (QED) is 0.654. The largest absolute Gasteiger partial charge is 0.337 e. The van der Waals surface area contributed by atoms with Gasteiger partial charge in [0.15, 0.2) is 0 Å². The van der Waals surface area contributed by atoms with E-state index < -0.39 is 0 Å². The lowest BCUT2D eigenvalue weighted by Gasteiger charge is -2.02. The number of aromatic nitrogens is 2. The second kappa shape index (κ2) is 8.34. The molecule has 0 unspecified atom stereocenters. The van der Waals surface area contributed by atoms with Crippen molar-refractivity contribution in [2.75, 3.05) is 0 Å². The number of rotatable bonds is 9. The average molecular weight is 223 g/mol. The number of hydrogen-bond donors (Lipinski definition) is 1. The third-order valence-electron chi connectivity index (χ3n) is 2.92. The van der Waals surface area contributed by atoms with E-state index in [1.807, 2.05) is 6.33 Å². The third-order valence-corrected chi connectivity index (χ3v) is 2.92. The summed E-state index contributed by atoms with van der Waals surface area (Å²) in [6, 6.07) is 0. The fraction of sp³-hybridized carbons (Fsp3) is 0.769. The van der Waals surface area contributed by atoms with Gasteiger partial charge < -0.3 is 10.3 Å². The van der Waals surface area contributed by atoms with Crippen LogP contribution in [-0.2, 0) is 13.1 Å². The molecule has 0 saturated carbocycles. The number of aryl methyl sites for hydroxylation is 1. The SMILES string of the molecule is CCCCCCCCCn1cnc(CN)c1. The average Bonchev–Trinajstić information content (AvgIpc) is 2.76. The van der Waals surface area contributed by atoms with Crippen LogP contribution in [-0.4, -0.2) is 9.55 Å². The van der Waals surface area contributed by atoms with Gasteiger partial charge in [-0.05, 0) is 6.42 Å². The minimum atomic E-state index is 0.546. The molecule has 0 aliphatic rings. The number of nitrogens with zero attached hydrogens (tertiary/aromatic N) is 2. The van der Waals surface area contributed by atoms with Crippen LogP contribution in [0.1, 0.15) is 57.6 Å². The van der Waals surface area contributed by atoms with Crippen LogP contribution in [0.15, 0.2) is 12.5 Å². The van der Waals surface area contributed by atoms with Gasteiger partial charge in [0.05, 0.1) is 12.0 Å². The Labute approximate surface area is 99.1 Å². The van der Waals surface area contributed by atoms with Crippen LogP contribution in [0.3, 0.4) is 0 Å². The molecule has 0 aliphatic carbocycles. The van der Waals surface area contributed by atoms with Gasteiger partial charge in [0.25, 0.3) is 0 Å². The summed E-state index contributed by atoms with van der Waals surface area (Å²) in [5.41, 5.74) is 6.50. The maximum Gasteiger partial charge on any atom is 0.0949 e. The Kier molecular flexibility index (Phi) is 6.90. The molecule has 3 nitrogen and oxygen atoms in total. The van der Waals surface area contributed by atoms with Crippen LogP contribution in [0.4, 0.5) is 0 Å². The highest BCUT2D eigenvalue weighted by molar-refractivity contribution is 4.95. The Morgan fingerprint density at radius 2 is 1.81 bits per heavy atom. The van der Waals surface area contributed by atoms with Crippen molar-refractivity contribution in [1.29, 1.82) is 0 Å². The zero-order chi connectivity index (χ0) is 11.6. The second-order valence-electron chi connectivity index (χ2n) is 4.43. The molecule has 0 fully saturated rings. The monoisotopic (exact) mass is 223 g/mol. The summed E-state index contributed by atoms with van der Waals surface area (Å²) in [7, 11) is 0. The molecule has 1 aromatic rings. The van der Waals surface area contributed by atoms with Crippen LogP contribution in [0.25, 0.3) is 0 Å². The van der Waals surface area contributed by atoms with Crippen LogP contribution in [0.2, 0.25) is 0 Å². The summed E-state index contributed by atoms with van der Waals surface area (Å²) in [6.45, 7) is 3.89. The van der Waals surface area contributed by atoms with Crippen molar-refractivity contribution in [3.8, 4) is 0 Å². The second-order valence-corrected chi connectivity index (χ2v) is 4.43. The molecule has 92 valence electrons. The van der Waals surface area contributed by atoms with E-state index in [2.05, 4.69) is 22.7 Å². The molecule has 16 heavy (non-hydrogen) atoms. The molecule has 1 rings (SSSR count). The molecule has 0 aromatic carbocycles. The molecule has 3 heteroatoms. The molecule has 0 atom stereocenters. The predicted octanol–water partition coefficient (Wildman–Crippen LogP) is 3.09. The molecule has 0 saturated heterocycles. The molecule has 1 heterocycles. The normalized spacial score (nSPS) is 10.9. The van der Waals surface area contributed by atoms with Crippen molar-refractivity contribution in [1.82, 2.24) is 9.55 Å². The van der Waals surface area contributed by atoms with Crippen molar-refractivity contribution in [2.45, 2.75) is 65.0 Å². The van der Waals surface area contributed by atoms with Crippen molar-refractivity contribution >= 4 is 0 Å². The van der Waals surface area contributed by atoms with Gasteiger partial charge in [-0.25, -0.2) is 4.98 Å². The van der Waals surface area contributed by atoms with Crippen LogP contribution in [0, 0.1) is 0 Å². The van der Waals surface area contributed by atoms with Crippen molar-refractivity contribution in [3.05, 3.63) is 18.2 Å². The minimum absolute atomic E-state index is 0.546. The lowest BCUT2D eigenvalue weighted by Crippen LogP contribution is -1.97. The van der Waals surface area contributed by atoms with Gasteiger partial charge in [0.2, 0.25) is 0 Å². The van der Waals surface area contributed by atoms with E-state index in [9.17, 15) is 0 Å². The zero-order valence-corrected chi connectivity index (χ0v) is 10.5. The highest BCUT2D eigenvalue weighted by atomic mass is 15.0. The first-order valence-electron chi connectivity index (χ1n) is 6.57. The molecular formula is C13H25N3. The number of hydrogen-bond acceptors (Lipinski definition) is 2. The first kappa shape index (κ1) is 13.2. The first-order valence-corrected chi connectivity index (χ1v) is 6.57. The van der Waals surface area contributed by atoms with E-state index in [1.54, 1.807) is 0 Å². The maximum atomic E-state index is 5.51. The molecule has 0 amide bonds. The Bertz CT molecular complexity index is 268. The first-order chi connectivity index (χ1) is 7.86. The molecule has 0 bridgehead atoms. The highest BCUT2D eigenvalue weighted by Crippen LogP contribution is 2.08. The minimum Gasteiger partial charge on any atom is -0.337 e. The highest BCUT2D eigenvalue weighted by Gasteiger charge is 1.96. The Hall–Kier alpha value is -0.830. The third kappa shape index (κ3) is 5.31. The molecule has 0 spiro atoms. The lowest BCUT2D eigenvalue weighted by molar-refractivity contribution is 0.549. The van der Waals surface area contributed by atoms with Crippen molar-refractivity contribution in [3.63, 3.8) is 0 Å². The van der Waals surface area contributed by atoms with E-state index in [0.29, 0.717) is 6.54 Å². The van der Waals surface area contributed by atoms with E-state index in [0.717, 1.165) is 12.2 Å². The van der Waals surface area contributed by atoms with Crippen LogP contribution in [0.5, 0.6) is 0 Å². The summed E-state index contributed by atoms with van der Waals surface area (Å²) in [5.74, 6) is 0. The molecular weight excluding hydrogens is 198 g/mol. The van der Waals surface area contributed by atoms with Gasteiger partial charge >= 0.3 is 0 Å². The molecule has 1 aromatic heterocycles. The molecule has 2 N–H and O–H groups in total. The summed E-state index contributed by atoms with van der Waals surface area (Å²) < 4.78 is 2.15. The number of nitrogens with two attached hydrogens (primary N) is 1. The number of imidazole rings is 1. The van der Waals surface area contributed by atoms with Crippen LogP contribution >= 0.6 is 0 Å². The van der Waals surface area contributed by atoms with Crippen LogP contribution < -0.4 is 5.73 Å². The maximum absolute atomic E-state index is 5.51. The number of unbranched alkanes of at least 4 members (excludes halogenated alkanes) is 6. The fourth-order valence-corrected chi connectivity index (χ4v) is 1.89. The smallest absolute Gasteiger partial charge is 0.0949 e. The van der Waals surface area contributed by atoms with E-state index in [-0.39, 0.29) is 0 Å².